The molecule has 88 valence electrons. The van der Waals surface area contributed by atoms with Crippen molar-refractivity contribution in [3.63, 3.8) is 0 Å². The number of nitrogens with zero attached hydrogens (tertiary/aromatic N) is 2. The van der Waals surface area contributed by atoms with E-state index in [2.05, 4.69) is 16.0 Å². The van der Waals surface area contributed by atoms with E-state index in [1.807, 2.05) is 23.8 Å². The van der Waals surface area contributed by atoms with E-state index in [0.29, 0.717) is 0 Å². The first-order valence-corrected chi connectivity index (χ1v) is 6.67. The molecule has 3 rings (SSSR count). The fraction of sp³-hybridized carbons (Fsp3) is 0.308. The third-order valence-corrected chi connectivity index (χ3v) is 4.01. The van der Waals surface area contributed by atoms with Gasteiger partial charge in [-0.3, -0.25) is 9.88 Å². The van der Waals surface area contributed by atoms with E-state index in [1.54, 1.807) is 11.3 Å². The van der Waals surface area contributed by atoms with E-state index in [-0.39, 0.29) is 0 Å². The van der Waals surface area contributed by atoms with Gasteiger partial charge in [0.2, 0.25) is 0 Å². The molecular weight excluding hydrogens is 230 g/mol. The quantitative estimate of drug-likeness (QED) is 0.825. The van der Waals surface area contributed by atoms with Crippen LogP contribution in [-0.4, -0.2) is 16.4 Å². The minimum atomic E-state index is 0.944. The van der Waals surface area contributed by atoms with Gasteiger partial charge in [0.1, 0.15) is 0 Å². The first-order valence-electron chi connectivity index (χ1n) is 5.79. The van der Waals surface area contributed by atoms with Gasteiger partial charge in [0.25, 0.3) is 0 Å². The third-order valence-electron chi connectivity index (χ3n) is 3.24. The van der Waals surface area contributed by atoms with Gasteiger partial charge in [0.15, 0.2) is 0 Å². The number of nitrogens with two attached hydrogens (primary N) is 1. The van der Waals surface area contributed by atoms with Crippen molar-refractivity contribution in [2.24, 2.45) is 0 Å². The number of nitrogen functional groups attached to an aromatic ring is 1. The highest BCUT2D eigenvalue weighted by atomic mass is 32.1. The molecule has 0 radical (unpaired) electrons. The van der Waals surface area contributed by atoms with E-state index in [1.165, 1.54) is 16.0 Å². The van der Waals surface area contributed by atoms with E-state index >= 15 is 0 Å². The average molecular weight is 245 g/mol. The van der Waals surface area contributed by atoms with Crippen LogP contribution in [0.25, 0.3) is 0 Å². The highest BCUT2D eigenvalue weighted by molar-refractivity contribution is 7.09. The maximum Gasteiger partial charge on any atom is 0.0794 e. The summed E-state index contributed by atoms with van der Waals surface area (Å²) in [5.74, 6) is 0. The van der Waals surface area contributed by atoms with Gasteiger partial charge in [-0.15, -0.1) is 11.3 Å². The summed E-state index contributed by atoms with van der Waals surface area (Å²) in [6.45, 7) is 3.08. The van der Waals surface area contributed by atoms with Gasteiger partial charge in [-0.05, 0) is 23.6 Å². The molecule has 1 aliphatic heterocycles. The number of benzene rings is 1. The zero-order chi connectivity index (χ0) is 11.7. The van der Waals surface area contributed by atoms with Crippen molar-refractivity contribution in [1.82, 2.24) is 9.88 Å². The SMILES string of the molecule is Nc1cccc2c1CCN(Cc1cncs1)C2. The number of rotatable bonds is 2. The lowest BCUT2D eigenvalue weighted by molar-refractivity contribution is 0.248. The molecule has 0 saturated carbocycles. The Balaban J connectivity index is 1.77. The molecule has 1 aliphatic rings. The van der Waals surface area contributed by atoms with Crippen LogP contribution in [0.3, 0.4) is 0 Å². The molecule has 0 spiro atoms. The minimum Gasteiger partial charge on any atom is -0.398 e. The molecule has 0 fully saturated rings. The summed E-state index contributed by atoms with van der Waals surface area (Å²) < 4.78 is 0. The predicted octanol–water partition coefficient (Wildman–Crippen LogP) is 2.28. The second kappa shape index (κ2) is 4.47. The molecule has 0 aliphatic carbocycles. The van der Waals surface area contributed by atoms with Crippen LogP contribution in [0, 0.1) is 0 Å². The van der Waals surface area contributed by atoms with Crippen molar-refractivity contribution in [3.8, 4) is 0 Å². The third kappa shape index (κ3) is 2.18. The van der Waals surface area contributed by atoms with E-state index in [9.17, 15) is 0 Å². The Bertz CT molecular complexity index is 507. The Morgan fingerprint density at radius 3 is 3.18 bits per heavy atom. The highest BCUT2D eigenvalue weighted by Crippen LogP contribution is 2.25. The topological polar surface area (TPSA) is 42.1 Å². The van der Waals surface area contributed by atoms with Crippen LogP contribution in [0.1, 0.15) is 16.0 Å². The molecule has 1 aromatic heterocycles. The maximum atomic E-state index is 6.00. The Morgan fingerprint density at radius 1 is 1.41 bits per heavy atom. The fourth-order valence-electron chi connectivity index (χ4n) is 2.37. The smallest absolute Gasteiger partial charge is 0.0794 e. The van der Waals surface area contributed by atoms with Gasteiger partial charge < -0.3 is 5.73 Å². The fourth-order valence-corrected chi connectivity index (χ4v) is 3.01. The molecular formula is C13H15N3S. The standard InChI is InChI=1S/C13H15N3S/c14-13-3-1-2-10-7-16(5-4-12(10)13)8-11-6-15-9-17-11/h1-3,6,9H,4-5,7-8,14H2. The number of fused-ring (bicyclic) bond motifs is 1. The summed E-state index contributed by atoms with van der Waals surface area (Å²) >= 11 is 1.72. The number of aromatic nitrogens is 1. The molecule has 0 unspecified atom stereocenters. The van der Waals surface area contributed by atoms with Crippen LogP contribution in [0.15, 0.2) is 29.9 Å². The normalized spacial score (nSPS) is 15.8. The predicted molar refractivity (Wildman–Crippen MR) is 70.8 cm³/mol. The largest absolute Gasteiger partial charge is 0.398 e. The molecule has 0 atom stereocenters. The van der Waals surface area contributed by atoms with Gasteiger partial charge in [-0.1, -0.05) is 12.1 Å². The molecule has 2 heterocycles. The molecule has 0 saturated heterocycles. The Labute approximate surface area is 105 Å². The van der Waals surface area contributed by atoms with Crippen molar-refractivity contribution in [1.29, 1.82) is 0 Å². The molecule has 2 N–H and O–H groups in total. The van der Waals surface area contributed by atoms with Crippen LogP contribution < -0.4 is 5.73 Å². The van der Waals surface area contributed by atoms with Crippen LogP contribution in [0.2, 0.25) is 0 Å². The van der Waals surface area contributed by atoms with Crippen molar-refractivity contribution >= 4 is 17.0 Å². The van der Waals surface area contributed by atoms with Gasteiger partial charge in [0.05, 0.1) is 5.51 Å². The lowest BCUT2D eigenvalue weighted by Gasteiger charge is -2.28. The summed E-state index contributed by atoms with van der Waals surface area (Å²) in [7, 11) is 0. The average Bonchev–Trinajstić information content (AvgIpc) is 2.82. The zero-order valence-corrected chi connectivity index (χ0v) is 10.4. The number of hydrogen-bond acceptors (Lipinski definition) is 4. The Kier molecular flexibility index (Phi) is 2.82. The Morgan fingerprint density at radius 2 is 2.35 bits per heavy atom. The maximum absolute atomic E-state index is 6.00. The van der Waals surface area contributed by atoms with E-state index in [0.717, 1.165) is 31.7 Å². The van der Waals surface area contributed by atoms with Crippen LogP contribution in [0.4, 0.5) is 5.69 Å². The van der Waals surface area contributed by atoms with Gasteiger partial charge in [-0.25, -0.2) is 0 Å². The van der Waals surface area contributed by atoms with Crippen LogP contribution >= 0.6 is 11.3 Å². The summed E-state index contributed by atoms with van der Waals surface area (Å²) in [4.78, 5) is 7.90. The van der Waals surface area contributed by atoms with Crippen LogP contribution in [-0.2, 0) is 19.5 Å². The highest BCUT2D eigenvalue weighted by Gasteiger charge is 2.18. The Hall–Kier alpha value is -1.39. The second-order valence-corrected chi connectivity index (χ2v) is 5.38. The minimum absolute atomic E-state index is 0.944. The van der Waals surface area contributed by atoms with Crippen LogP contribution in [0.5, 0.6) is 0 Å². The lowest BCUT2D eigenvalue weighted by atomic mass is 9.98. The molecule has 0 bridgehead atoms. The number of thiazole rings is 1. The molecule has 4 heteroatoms. The summed E-state index contributed by atoms with van der Waals surface area (Å²) in [6, 6.07) is 6.23. The van der Waals surface area contributed by atoms with Crippen molar-refractivity contribution < 1.29 is 0 Å². The number of hydrogen-bond donors (Lipinski definition) is 1. The van der Waals surface area contributed by atoms with Gasteiger partial charge in [0, 0.05) is 36.4 Å². The summed E-state index contributed by atoms with van der Waals surface area (Å²) in [6.07, 6.45) is 3.01. The molecule has 0 amide bonds. The van der Waals surface area contributed by atoms with Crippen molar-refractivity contribution in [2.75, 3.05) is 12.3 Å². The van der Waals surface area contributed by atoms with Crippen molar-refractivity contribution in [3.05, 3.63) is 45.9 Å². The monoisotopic (exact) mass is 245 g/mol. The van der Waals surface area contributed by atoms with E-state index in [4.69, 9.17) is 5.73 Å². The van der Waals surface area contributed by atoms with E-state index < -0.39 is 0 Å². The summed E-state index contributed by atoms with van der Waals surface area (Å²) in [5, 5.41) is 0. The molecule has 3 nitrogen and oxygen atoms in total. The summed E-state index contributed by atoms with van der Waals surface area (Å²) in [5.41, 5.74) is 11.6. The number of anilines is 1. The first-order chi connectivity index (χ1) is 8.33. The first kappa shape index (κ1) is 10.7. The lowest BCUT2D eigenvalue weighted by Crippen LogP contribution is -2.30. The molecule has 17 heavy (non-hydrogen) atoms. The second-order valence-electron chi connectivity index (χ2n) is 4.41. The zero-order valence-electron chi connectivity index (χ0n) is 9.60. The van der Waals surface area contributed by atoms with Gasteiger partial charge in [-0.2, -0.15) is 0 Å². The van der Waals surface area contributed by atoms with Gasteiger partial charge >= 0.3 is 0 Å². The molecule has 1 aromatic carbocycles. The molecule has 2 aromatic rings. The van der Waals surface area contributed by atoms with Crippen molar-refractivity contribution in [2.45, 2.75) is 19.5 Å².